The highest BCUT2D eigenvalue weighted by molar-refractivity contribution is 5.40. The molecule has 0 aromatic carbocycles. The zero-order valence-electron chi connectivity index (χ0n) is 11.8. The van der Waals surface area contributed by atoms with Crippen LogP contribution in [-0.4, -0.2) is 21.9 Å². The normalized spacial score (nSPS) is 10.5. The molecule has 0 fully saturated rings. The molecule has 102 valence electrons. The van der Waals surface area contributed by atoms with Crippen molar-refractivity contribution in [3.8, 4) is 11.5 Å². The van der Waals surface area contributed by atoms with E-state index in [1.165, 1.54) is 0 Å². The molecule has 0 aliphatic heterocycles. The van der Waals surface area contributed by atoms with Crippen LogP contribution in [0.1, 0.15) is 23.7 Å². The van der Waals surface area contributed by atoms with E-state index < -0.39 is 0 Å². The number of ether oxygens (including phenoxy) is 2. The Labute approximate surface area is 113 Å². The molecule has 0 N–H and O–H groups in total. The Hall–Kier alpha value is -2.04. The number of hydrogen-bond donors (Lipinski definition) is 0. The Morgan fingerprint density at radius 2 is 2.05 bits per heavy atom. The SMILES string of the molecule is CCn1cc(OCc2ncc(C)c(OC)c2C)cn1. The van der Waals surface area contributed by atoms with E-state index in [-0.39, 0.29) is 0 Å². The van der Waals surface area contributed by atoms with Gasteiger partial charge in [-0.25, -0.2) is 0 Å². The van der Waals surface area contributed by atoms with Gasteiger partial charge in [-0.2, -0.15) is 5.10 Å². The molecule has 0 spiro atoms. The molecule has 0 aliphatic carbocycles. The molecule has 2 heterocycles. The quantitative estimate of drug-likeness (QED) is 0.829. The lowest BCUT2D eigenvalue weighted by Crippen LogP contribution is -2.03. The zero-order chi connectivity index (χ0) is 13.8. The van der Waals surface area contributed by atoms with Crippen LogP contribution in [0.5, 0.6) is 11.5 Å². The standard InChI is InChI=1S/C14H19N3O2/c1-5-17-8-12(7-16-17)19-9-13-11(3)14(18-4)10(2)6-15-13/h6-8H,5,9H2,1-4H3. The van der Waals surface area contributed by atoms with Crippen LogP contribution in [0, 0.1) is 13.8 Å². The molecule has 2 rings (SSSR count). The number of rotatable bonds is 5. The molecule has 0 saturated heterocycles. The summed E-state index contributed by atoms with van der Waals surface area (Å²) in [5.41, 5.74) is 2.93. The van der Waals surface area contributed by atoms with Gasteiger partial charge in [0.2, 0.25) is 0 Å². The molecule has 2 aromatic heterocycles. The average molecular weight is 261 g/mol. The first kappa shape index (κ1) is 13.4. The van der Waals surface area contributed by atoms with E-state index >= 15 is 0 Å². The lowest BCUT2D eigenvalue weighted by molar-refractivity contribution is 0.298. The largest absolute Gasteiger partial charge is 0.496 e. The third kappa shape index (κ3) is 2.86. The highest BCUT2D eigenvalue weighted by Gasteiger charge is 2.10. The van der Waals surface area contributed by atoms with Gasteiger partial charge >= 0.3 is 0 Å². The second-order valence-electron chi connectivity index (χ2n) is 4.37. The third-order valence-electron chi connectivity index (χ3n) is 3.06. The molecule has 0 unspecified atom stereocenters. The molecule has 5 heteroatoms. The summed E-state index contributed by atoms with van der Waals surface area (Å²) < 4.78 is 12.9. The zero-order valence-corrected chi connectivity index (χ0v) is 11.8. The Morgan fingerprint density at radius 3 is 2.68 bits per heavy atom. The van der Waals surface area contributed by atoms with Crippen LogP contribution in [-0.2, 0) is 13.2 Å². The van der Waals surface area contributed by atoms with Gasteiger partial charge in [-0.1, -0.05) is 0 Å². The highest BCUT2D eigenvalue weighted by Crippen LogP contribution is 2.24. The van der Waals surface area contributed by atoms with Crippen molar-refractivity contribution in [2.24, 2.45) is 0 Å². The molecule has 0 radical (unpaired) electrons. The van der Waals surface area contributed by atoms with Gasteiger partial charge in [0.1, 0.15) is 12.4 Å². The summed E-state index contributed by atoms with van der Waals surface area (Å²) in [5, 5.41) is 4.16. The summed E-state index contributed by atoms with van der Waals surface area (Å²) in [6, 6.07) is 0. The Kier molecular flexibility index (Phi) is 4.04. The summed E-state index contributed by atoms with van der Waals surface area (Å²) >= 11 is 0. The summed E-state index contributed by atoms with van der Waals surface area (Å²) in [6.45, 7) is 7.26. The van der Waals surface area contributed by atoms with E-state index in [0.717, 1.165) is 34.9 Å². The van der Waals surface area contributed by atoms with Crippen LogP contribution in [0.2, 0.25) is 0 Å². The van der Waals surface area contributed by atoms with Crippen molar-refractivity contribution in [1.82, 2.24) is 14.8 Å². The molecule has 0 saturated carbocycles. The monoisotopic (exact) mass is 261 g/mol. The molecular weight excluding hydrogens is 242 g/mol. The molecule has 2 aromatic rings. The third-order valence-corrected chi connectivity index (χ3v) is 3.06. The fraction of sp³-hybridized carbons (Fsp3) is 0.429. The maximum absolute atomic E-state index is 5.69. The molecule has 0 amide bonds. The van der Waals surface area contributed by atoms with Crippen LogP contribution < -0.4 is 9.47 Å². The minimum Gasteiger partial charge on any atom is -0.496 e. The topological polar surface area (TPSA) is 49.2 Å². The first-order chi connectivity index (χ1) is 9.15. The number of hydrogen-bond acceptors (Lipinski definition) is 4. The highest BCUT2D eigenvalue weighted by atomic mass is 16.5. The van der Waals surface area contributed by atoms with Crippen molar-refractivity contribution >= 4 is 0 Å². The fourth-order valence-electron chi connectivity index (χ4n) is 1.96. The van der Waals surface area contributed by atoms with E-state index in [0.29, 0.717) is 6.61 Å². The van der Waals surface area contributed by atoms with E-state index in [4.69, 9.17) is 9.47 Å². The minimum atomic E-state index is 0.415. The van der Waals surface area contributed by atoms with Gasteiger partial charge in [-0.15, -0.1) is 0 Å². The van der Waals surface area contributed by atoms with Gasteiger partial charge in [0, 0.05) is 23.9 Å². The molecule has 0 aliphatic rings. The van der Waals surface area contributed by atoms with Gasteiger partial charge in [-0.05, 0) is 20.8 Å². The lowest BCUT2D eigenvalue weighted by atomic mass is 10.1. The summed E-state index contributed by atoms with van der Waals surface area (Å²) in [4.78, 5) is 4.40. The Morgan fingerprint density at radius 1 is 1.26 bits per heavy atom. The smallest absolute Gasteiger partial charge is 0.157 e. The molecule has 0 atom stereocenters. The van der Waals surface area contributed by atoms with Crippen molar-refractivity contribution in [2.45, 2.75) is 33.9 Å². The summed E-state index contributed by atoms with van der Waals surface area (Å²) in [7, 11) is 1.67. The number of aromatic nitrogens is 3. The van der Waals surface area contributed by atoms with Crippen molar-refractivity contribution in [1.29, 1.82) is 0 Å². The Bertz CT molecular complexity index is 564. The van der Waals surface area contributed by atoms with E-state index in [2.05, 4.69) is 10.1 Å². The molecule has 0 bridgehead atoms. The summed E-state index contributed by atoms with van der Waals surface area (Å²) in [5.74, 6) is 1.63. The number of pyridine rings is 1. The second-order valence-corrected chi connectivity index (χ2v) is 4.37. The van der Waals surface area contributed by atoms with Gasteiger partial charge in [0.05, 0.1) is 25.2 Å². The predicted molar refractivity (Wildman–Crippen MR) is 72.5 cm³/mol. The van der Waals surface area contributed by atoms with Gasteiger partial charge in [0.15, 0.2) is 5.75 Å². The van der Waals surface area contributed by atoms with Gasteiger partial charge in [0.25, 0.3) is 0 Å². The fourth-order valence-corrected chi connectivity index (χ4v) is 1.96. The van der Waals surface area contributed by atoms with Gasteiger partial charge < -0.3 is 9.47 Å². The second kappa shape index (κ2) is 5.73. The lowest BCUT2D eigenvalue weighted by Gasteiger charge is -2.12. The average Bonchev–Trinajstić information content (AvgIpc) is 2.86. The number of nitrogens with zero attached hydrogens (tertiary/aromatic N) is 3. The van der Waals surface area contributed by atoms with E-state index in [9.17, 15) is 0 Å². The molecular formula is C14H19N3O2. The molecule has 5 nitrogen and oxygen atoms in total. The Balaban J connectivity index is 2.11. The number of methoxy groups -OCH3 is 1. The van der Waals surface area contributed by atoms with Crippen LogP contribution in [0.3, 0.4) is 0 Å². The van der Waals surface area contributed by atoms with Crippen LogP contribution in [0.15, 0.2) is 18.6 Å². The molecule has 19 heavy (non-hydrogen) atoms. The number of aryl methyl sites for hydroxylation is 2. The van der Waals surface area contributed by atoms with E-state index in [1.54, 1.807) is 19.5 Å². The van der Waals surface area contributed by atoms with E-state index in [1.807, 2.05) is 31.6 Å². The van der Waals surface area contributed by atoms with Crippen LogP contribution >= 0.6 is 0 Å². The first-order valence-electron chi connectivity index (χ1n) is 6.30. The van der Waals surface area contributed by atoms with Crippen LogP contribution in [0.25, 0.3) is 0 Å². The van der Waals surface area contributed by atoms with Crippen molar-refractivity contribution < 1.29 is 9.47 Å². The maximum atomic E-state index is 5.69. The maximum Gasteiger partial charge on any atom is 0.157 e. The van der Waals surface area contributed by atoms with Crippen LogP contribution in [0.4, 0.5) is 0 Å². The van der Waals surface area contributed by atoms with Crippen molar-refractivity contribution in [3.05, 3.63) is 35.4 Å². The minimum absolute atomic E-state index is 0.415. The first-order valence-corrected chi connectivity index (χ1v) is 6.30. The van der Waals surface area contributed by atoms with Gasteiger partial charge in [-0.3, -0.25) is 9.67 Å². The summed E-state index contributed by atoms with van der Waals surface area (Å²) in [6.07, 6.45) is 5.39. The van der Waals surface area contributed by atoms with Crippen molar-refractivity contribution in [3.63, 3.8) is 0 Å². The van der Waals surface area contributed by atoms with Crippen molar-refractivity contribution in [2.75, 3.05) is 7.11 Å². The predicted octanol–water partition coefficient (Wildman–Crippen LogP) is 2.50.